The third-order valence-electron chi connectivity index (χ3n) is 5.12. The van der Waals surface area contributed by atoms with Gasteiger partial charge in [0, 0.05) is 12.5 Å². The first-order valence-electron chi connectivity index (χ1n) is 9.48. The molecule has 1 atom stereocenters. The van der Waals surface area contributed by atoms with E-state index in [9.17, 15) is 4.79 Å². The van der Waals surface area contributed by atoms with Crippen LogP contribution in [0, 0.1) is 0 Å². The summed E-state index contributed by atoms with van der Waals surface area (Å²) in [6, 6.07) is 12.2. The van der Waals surface area contributed by atoms with Crippen LogP contribution in [0.1, 0.15) is 47.7 Å². The van der Waals surface area contributed by atoms with Crippen LogP contribution >= 0.6 is 0 Å². The second-order valence-corrected chi connectivity index (χ2v) is 7.30. The molecular formula is C22H24N2O4. The number of hydrogen-bond acceptors (Lipinski definition) is 5. The van der Waals surface area contributed by atoms with Crippen molar-refractivity contribution < 1.29 is 18.7 Å². The molecule has 0 aliphatic carbocycles. The Morgan fingerprint density at radius 1 is 1.21 bits per heavy atom. The van der Waals surface area contributed by atoms with E-state index in [0.29, 0.717) is 31.2 Å². The van der Waals surface area contributed by atoms with Crippen LogP contribution in [0.4, 0.5) is 0 Å². The number of aromatic nitrogens is 1. The summed E-state index contributed by atoms with van der Waals surface area (Å²) in [5.74, 6) is 1.47. The van der Waals surface area contributed by atoms with Crippen LogP contribution in [0.2, 0.25) is 0 Å². The molecule has 0 bridgehead atoms. The molecule has 0 N–H and O–H groups in total. The fourth-order valence-electron chi connectivity index (χ4n) is 3.58. The van der Waals surface area contributed by atoms with E-state index in [-0.39, 0.29) is 17.9 Å². The number of morpholine rings is 1. The number of hydrogen-bond donors (Lipinski definition) is 0. The Hall–Kier alpha value is -2.86. The first-order chi connectivity index (χ1) is 13.6. The fourth-order valence-corrected chi connectivity index (χ4v) is 3.58. The molecule has 1 fully saturated rings. The molecule has 3 aromatic rings. The lowest BCUT2D eigenvalue weighted by Gasteiger charge is -2.33. The van der Waals surface area contributed by atoms with E-state index in [2.05, 4.69) is 23.2 Å². The largest absolute Gasteiger partial charge is 0.497 e. The Kier molecular flexibility index (Phi) is 5.05. The number of ether oxygens (including phenoxy) is 2. The number of fused-ring (bicyclic) bond motifs is 1. The summed E-state index contributed by atoms with van der Waals surface area (Å²) >= 11 is 0. The molecule has 146 valence electrons. The van der Waals surface area contributed by atoms with Crippen molar-refractivity contribution in [1.82, 2.24) is 9.88 Å². The SMILES string of the molecule is COc1ccc2cc([C@@H]3CN(C(=O)c4ncoc4C(C)C)CCO3)ccc2c1. The average molecular weight is 380 g/mol. The summed E-state index contributed by atoms with van der Waals surface area (Å²) in [6.45, 7) is 5.51. The number of nitrogens with zero attached hydrogens (tertiary/aromatic N) is 2. The topological polar surface area (TPSA) is 64.8 Å². The molecule has 0 spiro atoms. The van der Waals surface area contributed by atoms with Crippen molar-refractivity contribution >= 4 is 16.7 Å². The Morgan fingerprint density at radius 3 is 2.79 bits per heavy atom. The number of amides is 1. The molecular weight excluding hydrogens is 356 g/mol. The van der Waals surface area contributed by atoms with Crippen LogP contribution in [0.25, 0.3) is 10.8 Å². The maximum atomic E-state index is 13.0. The molecule has 1 aromatic heterocycles. The van der Waals surface area contributed by atoms with Gasteiger partial charge in [-0.2, -0.15) is 0 Å². The summed E-state index contributed by atoms with van der Waals surface area (Å²) in [7, 11) is 1.66. The summed E-state index contributed by atoms with van der Waals surface area (Å²) < 4.78 is 16.7. The predicted octanol–water partition coefficient (Wildman–Crippen LogP) is 4.17. The van der Waals surface area contributed by atoms with E-state index >= 15 is 0 Å². The lowest BCUT2D eigenvalue weighted by Crippen LogP contribution is -2.42. The highest BCUT2D eigenvalue weighted by Gasteiger charge is 2.30. The van der Waals surface area contributed by atoms with Crippen LogP contribution in [0.15, 0.2) is 47.2 Å². The molecule has 0 radical (unpaired) electrons. The zero-order chi connectivity index (χ0) is 19.7. The van der Waals surface area contributed by atoms with Gasteiger partial charge in [-0.25, -0.2) is 4.98 Å². The first kappa shape index (κ1) is 18.5. The molecule has 1 amide bonds. The van der Waals surface area contributed by atoms with Crippen LogP contribution in [-0.4, -0.2) is 42.6 Å². The number of methoxy groups -OCH3 is 1. The first-order valence-corrected chi connectivity index (χ1v) is 9.48. The quantitative estimate of drug-likeness (QED) is 0.680. The summed E-state index contributed by atoms with van der Waals surface area (Å²) in [6.07, 6.45) is 1.18. The normalized spacial score (nSPS) is 17.3. The van der Waals surface area contributed by atoms with Gasteiger partial charge in [0.05, 0.1) is 20.3 Å². The Bertz CT molecular complexity index is 995. The maximum Gasteiger partial charge on any atom is 0.276 e. The Morgan fingerprint density at radius 2 is 2.00 bits per heavy atom. The smallest absolute Gasteiger partial charge is 0.276 e. The molecule has 2 aromatic carbocycles. The number of carbonyl (C=O) groups excluding carboxylic acids is 1. The number of benzene rings is 2. The molecule has 4 rings (SSSR count). The molecule has 2 heterocycles. The van der Waals surface area contributed by atoms with Crippen molar-refractivity contribution in [3.8, 4) is 5.75 Å². The maximum absolute atomic E-state index is 13.0. The molecule has 6 nitrogen and oxygen atoms in total. The molecule has 6 heteroatoms. The van der Waals surface area contributed by atoms with Gasteiger partial charge < -0.3 is 18.8 Å². The van der Waals surface area contributed by atoms with Gasteiger partial charge in [0.25, 0.3) is 5.91 Å². The zero-order valence-corrected chi connectivity index (χ0v) is 16.3. The van der Waals surface area contributed by atoms with Crippen molar-refractivity contribution in [2.24, 2.45) is 0 Å². The van der Waals surface area contributed by atoms with Crippen molar-refractivity contribution in [2.45, 2.75) is 25.9 Å². The summed E-state index contributed by atoms with van der Waals surface area (Å²) in [5, 5.41) is 2.22. The van der Waals surface area contributed by atoms with Crippen LogP contribution in [-0.2, 0) is 4.74 Å². The molecule has 1 saturated heterocycles. The van der Waals surface area contributed by atoms with Crippen molar-refractivity contribution in [1.29, 1.82) is 0 Å². The lowest BCUT2D eigenvalue weighted by molar-refractivity contribution is -0.0230. The second-order valence-electron chi connectivity index (χ2n) is 7.30. The Labute approximate surface area is 164 Å². The van der Waals surface area contributed by atoms with Crippen molar-refractivity contribution in [3.05, 3.63) is 59.8 Å². The molecule has 1 aliphatic heterocycles. The van der Waals surface area contributed by atoms with E-state index in [1.165, 1.54) is 6.39 Å². The number of rotatable bonds is 4. The van der Waals surface area contributed by atoms with Gasteiger partial charge in [-0.15, -0.1) is 0 Å². The number of carbonyl (C=O) groups is 1. The van der Waals surface area contributed by atoms with Gasteiger partial charge in [0.15, 0.2) is 12.1 Å². The van der Waals surface area contributed by atoms with E-state index in [4.69, 9.17) is 13.9 Å². The van der Waals surface area contributed by atoms with Crippen LogP contribution < -0.4 is 4.74 Å². The van der Waals surface area contributed by atoms with Gasteiger partial charge in [-0.1, -0.05) is 32.0 Å². The third-order valence-corrected chi connectivity index (χ3v) is 5.12. The molecule has 1 aliphatic rings. The van der Waals surface area contributed by atoms with Crippen LogP contribution in [0.3, 0.4) is 0 Å². The molecule has 0 unspecified atom stereocenters. The third kappa shape index (κ3) is 3.47. The van der Waals surface area contributed by atoms with Gasteiger partial charge in [0.2, 0.25) is 0 Å². The minimum Gasteiger partial charge on any atom is -0.497 e. The zero-order valence-electron chi connectivity index (χ0n) is 16.3. The van der Waals surface area contributed by atoms with Gasteiger partial charge in [0.1, 0.15) is 17.6 Å². The highest BCUT2D eigenvalue weighted by molar-refractivity contribution is 5.93. The average Bonchev–Trinajstić information content (AvgIpc) is 3.23. The van der Waals surface area contributed by atoms with Gasteiger partial charge in [-0.3, -0.25) is 4.79 Å². The fraction of sp³-hybridized carbons (Fsp3) is 0.364. The minimum atomic E-state index is -0.168. The van der Waals surface area contributed by atoms with Gasteiger partial charge >= 0.3 is 0 Å². The van der Waals surface area contributed by atoms with Gasteiger partial charge in [-0.05, 0) is 34.5 Å². The van der Waals surface area contributed by atoms with E-state index in [0.717, 1.165) is 22.1 Å². The van der Waals surface area contributed by atoms with E-state index in [1.807, 2.05) is 32.0 Å². The van der Waals surface area contributed by atoms with E-state index < -0.39 is 0 Å². The monoisotopic (exact) mass is 380 g/mol. The van der Waals surface area contributed by atoms with E-state index in [1.54, 1.807) is 12.0 Å². The lowest BCUT2D eigenvalue weighted by atomic mass is 10.0. The van der Waals surface area contributed by atoms with Crippen LogP contribution in [0.5, 0.6) is 5.75 Å². The molecule has 28 heavy (non-hydrogen) atoms. The summed E-state index contributed by atoms with van der Waals surface area (Å²) in [4.78, 5) is 18.9. The second kappa shape index (κ2) is 7.64. The minimum absolute atomic E-state index is 0.101. The predicted molar refractivity (Wildman–Crippen MR) is 106 cm³/mol. The van der Waals surface area contributed by atoms with Crippen molar-refractivity contribution in [2.75, 3.05) is 26.8 Å². The molecule has 0 saturated carbocycles. The highest BCUT2D eigenvalue weighted by atomic mass is 16.5. The Balaban J connectivity index is 1.56. The van der Waals surface area contributed by atoms with Crippen molar-refractivity contribution in [3.63, 3.8) is 0 Å². The standard InChI is InChI=1S/C22H24N2O4/c1-14(2)21-20(23-13-28-21)22(25)24-8-9-27-19(12-24)17-5-4-16-11-18(26-3)7-6-15(16)10-17/h4-7,10-11,13-14,19H,8-9,12H2,1-3H3/t19-/m0/s1. The number of oxazole rings is 1. The highest BCUT2D eigenvalue weighted by Crippen LogP contribution is 2.29. The summed E-state index contributed by atoms with van der Waals surface area (Å²) in [5.41, 5.74) is 1.46.